The van der Waals surface area contributed by atoms with E-state index in [4.69, 9.17) is 21.1 Å². The van der Waals surface area contributed by atoms with E-state index < -0.39 is 0 Å². The molecule has 0 bridgehead atoms. The first kappa shape index (κ1) is 17.1. The molecule has 0 spiro atoms. The van der Waals surface area contributed by atoms with Gasteiger partial charge in [-0.3, -0.25) is 0 Å². The SMILES string of the molecule is CCOC(=O)/C=C/c1ccc(Cl)c(Oc2c(C)c(C)nn2C)c1. The highest BCUT2D eigenvalue weighted by Gasteiger charge is 2.13. The monoisotopic (exact) mass is 334 g/mol. The number of nitrogens with zero attached hydrogens (tertiary/aromatic N) is 2. The molecule has 0 aliphatic rings. The second kappa shape index (κ2) is 7.33. The molecule has 0 unspecified atom stereocenters. The Morgan fingerprint density at radius 2 is 2.13 bits per heavy atom. The predicted octanol–water partition coefficient (Wildman–Crippen LogP) is 4.06. The molecule has 5 nitrogen and oxygen atoms in total. The van der Waals surface area contributed by atoms with Gasteiger partial charge < -0.3 is 9.47 Å². The Kier molecular flexibility index (Phi) is 5.45. The van der Waals surface area contributed by atoms with Gasteiger partial charge in [-0.2, -0.15) is 5.10 Å². The van der Waals surface area contributed by atoms with Gasteiger partial charge in [-0.1, -0.05) is 17.7 Å². The third-order valence-electron chi connectivity index (χ3n) is 3.32. The molecule has 0 saturated carbocycles. The smallest absolute Gasteiger partial charge is 0.330 e. The van der Waals surface area contributed by atoms with Crippen molar-refractivity contribution < 1.29 is 14.3 Å². The van der Waals surface area contributed by atoms with Crippen LogP contribution in [0.5, 0.6) is 11.6 Å². The molecule has 1 aromatic heterocycles. The van der Waals surface area contributed by atoms with E-state index in [1.54, 1.807) is 35.9 Å². The van der Waals surface area contributed by atoms with E-state index in [0.29, 0.717) is 23.3 Å². The summed E-state index contributed by atoms with van der Waals surface area (Å²) in [7, 11) is 1.81. The van der Waals surface area contributed by atoms with Crippen LogP contribution < -0.4 is 4.74 Å². The summed E-state index contributed by atoms with van der Waals surface area (Å²) >= 11 is 6.20. The molecule has 2 rings (SSSR count). The zero-order chi connectivity index (χ0) is 17.0. The fraction of sp³-hybridized carbons (Fsp3) is 0.294. The zero-order valence-corrected chi connectivity index (χ0v) is 14.3. The first-order chi connectivity index (χ1) is 10.9. The van der Waals surface area contributed by atoms with E-state index in [0.717, 1.165) is 16.8 Å². The Bertz CT molecular complexity index is 751. The number of hydrogen-bond acceptors (Lipinski definition) is 4. The zero-order valence-electron chi connectivity index (χ0n) is 13.6. The molecule has 1 aromatic carbocycles. The number of aromatic nitrogens is 2. The first-order valence-corrected chi connectivity index (χ1v) is 7.62. The van der Waals surface area contributed by atoms with E-state index in [9.17, 15) is 4.79 Å². The summed E-state index contributed by atoms with van der Waals surface area (Å²) in [6.45, 7) is 5.97. The minimum Gasteiger partial charge on any atom is -0.463 e. The van der Waals surface area contributed by atoms with Crippen LogP contribution >= 0.6 is 11.6 Å². The Morgan fingerprint density at radius 3 is 2.74 bits per heavy atom. The highest BCUT2D eigenvalue weighted by molar-refractivity contribution is 6.32. The van der Waals surface area contributed by atoms with Crippen LogP contribution in [0.25, 0.3) is 6.08 Å². The van der Waals surface area contributed by atoms with Gasteiger partial charge in [0.2, 0.25) is 5.88 Å². The number of halogens is 1. The number of esters is 1. The molecule has 0 radical (unpaired) electrons. The number of rotatable bonds is 5. The summed E-state index contributed by atoms with van der Waals surface area (Å²) in [4.78, 5) is 11.4. The second-order valence-corrected chi connectivity index (χ2v) is 5.42. The molecule has 0 amide bonds. The Labute approximate surface area is 140 Å². The largest absolute Gasteiger partial charge is 0.463 e. The molecule has 0 fully saturated rings. The summed E-state index contributed by atoms with van der Waals surface area (Å²) in [5.74, 6) is 0.753. The van der Waals surface area contributed by atoms with Crippen molar-refractivity contribution in [2.45, 2.75) is 20.8 Å². The molecule has 6 heteroatoms. The van der Waals surface area contributed by atoms with E-state index in [1.165, 1.54) is 6.08 Å². The molecule has 0 atom stereocenters. The number of hydrogen-bond donors (Lipinski definition) is 0. The molecular formula is C17H19ClN2O3. The van der Waals surface area contributed by atoms with Crippen LogP contribution in [0.4, 0.5) is 0 Å². The molecule has 1 heterocycles. The van der Waals surface area contributed by atoms with Crippen LogP contribution in [-0.2, 0) is 16.6 Å². The highest BCUT2D eigenvalue weighted by Crippen LogP contribution is 2.32. The lowest BCUT2D eigenvalue weighted by atomic mass is 10.2. The third kappa shape index (κ3) is 4.13. The first-order valence-electron chi connectivity index (χ1n) is 7.24. The molecule has 0 aliphatic heterocycles. The maximum atomic E-state index is 11.4. The van der Waals surface area contributed by atoms with E-state index in [-0.39, 0.29) is 5.97 Å². The molecule has 0 aliphatic carbocycles. The summed E-state index contributed by atoms with van der Waals surface area (Å²) in [6, 6.07) is 5.28. The fourth-order valence-corrected chi connectivity index (χ4v) is 2.20. The number of carbonyl (C=O) groups excluding carboxylic acids is 1. The van der Waals surface area contributed by atoms with Crippen molar-refractivity contribution in [2.24, 2.45) is 7.05 Å². The normalized spacial score (nSPS) is 11.0. The summed E-state index contributed by atoms with van der Waals surface area (Å²) in [5.41, 5.74) is 2.64. The van der Waals surface area contributed by atoms with Crippen molar-refractivity contribution in [3.05, 3.63) is 46.1 Å². The van der Waals surface area contributed by atoms with Crippen molar-refractivity contribution >= 4 is 23.6 Å². The number of ether oxygens (including phenoxy) is 2. The summed E-state index contributed by atoms with van der Waals surface area (Å²) < 4.78 is 12.4. The lowest BCUT2D eigenvalue weighted by Crippen LogP contribution is -1.98. The van der Waals surface area contributed by atoms with Crippen molar-refractivity contribution in [1.82, 2.24) is 9.78 Å². The summed E-state index contributed by atoms with van der Waals surface area (Å²) in [6.07, 6.45) is 3.03. The number of carbonyl (C=O) groups is 1. The van der Waals surface area contributed by atoms with Crippen LogP contribution in [0.15, 0.2) is 24.3 Å². The van der Waals surface area contributed by atoms with Crippen LogP contribution in [-0.4, -0.2) is 22.4 Å². The van der Waals surface area contributed by atoms with Gasteiger partial charge in [-0.15, -0.1) is 0 Å². The van der Waals surface area contributed by atoms with Crippen molar-refractivity contribution in [3.63, 3.8) is 0 Å². The molecular weight excluding hydrogens is 316 g/mol. The third-order valence-corrected chi connectivity index (χ3v) is 3.63. The second-order valence-electron chi connectivity index (χ2n) is 5.02. The fourth-order valence-electron chi connectivity index (χ4n) is 2.05. The Hall–Kier alpha value is -2.27. The van der Waals surface area contributed by atoms with Crippen LogP contribution in [0.3, 0.4) is 0 Å². The minimum absolute atomic E-state index is 0.345. The molecule has 23 heavy (non-hydrogen) atoms. The topological polar surface area (TPSA) is 53.4 Å². The maximum absolute atomic E-state index is 11.4. The average Bonchev–Trinajstić information content (AvgIpc) is 2.74. The van der Waals surface area contributed by atoms with Gasteiger partial charge in [0, 0.05) is 18.7 Å². The van der Waals surface area contributed by atoms with Gasteiger partial charge in [0.1, 0.15) is 5.75 Å². The van der Waals surface area contributed by atoms with E-state index >= 15 is 0 Å². The molecule has 0 saturated heterocycles. The lowest BCUT2D eigenvalue weighted by Gasteiger charge is -2.09. The van der Waals surface area contributed by atoms with Gasteiger partial charge in [-0.25, -0.2) is 9.48 Å². The summed E-state index contributed by atoms with van der Waals surface area (Å²) in [5, 5.41) is 4.80. The Morgan fingerprint density at radius 1 is 1.39 bits per heavy atom. The lowest BCUT2D eigenvalue weighted by molar-refractivity contribution is -0.137. The maximum Gasteiger partial charge on any atom is 0.330 e. The van der Waals surface area contributed by atoms with Gasteiger partial charge in [-0.05, 0) is 44.5 Å². The molecule has 0 N–H and O–H groups in total. The highest BCUT2D eigenvalue weighted by atomic mass is 35.5. The van der Waals surface area contributed by atoms with Gasteiger partial charge in [0.15, 0.2) is 0 Å². The van der Waals surface area contributed by atoms with E-state index in [2.05, 4.69) is 5.10 Å². The standard InChI is InChI=1S/C17H19ClN2O3/c1-5-22-16(21)9-7-13-6-8-14(18)15(10-13)23-17-11(2)12(3)19-20(17)4/h6-10H,5H2,1-4H3/b9-7+. The molecule has 122 valence electrons. The van der Waals surface area contributed by atoms with Gasteiger partial charge in [0.25, 0.3) is 0 Å². The number of aryl methyl sites for hydroxylation is 2. The van der Waals surface area contributed by atoms with Crippen molar-refractivity contribution in [2.75, 3.05) is 6.61 Å². The number of benzene rings is 1. The van der Waals surface area contributed by atoms with Crippen LogP contribution in [0.2, 0.25) is 5.02 Å². The van der Waals surface area contributed by atoms with Crippen molar-refractivity contribution in [1.29, 1.82) is 0 Å². The minimum atomic E-state index is -0.386. The Balaban J connectivity index is 2.26. The van der Waals surface area contributed by atoms with Crippen LogP contribution in [0, 0.1) is 13.8 Å². The predicted molar refractivity (Wildman–Crippen MR) is 89.9 cm³/mol. The van der Waals surface area contributed by atoms with Gasteiger partial charge >= 0.3 is 5.97 Å². The van der Waals surface area contributed by atoms with Crippen molar-refractivity contribution in [3.8, 4) is 11.6 Å². The van der Waals surface area contributed by atoms with Crippen LogP contribution in [0.1, 0.15) is 23.7 Å². The van der Waals surface area contributed by atoms with Gasteiger partial charge in [0.05, 0.1) is 17.3 Å². The molecule has 2 aromatic rings. The van der Waals surface area contributed by atoms with E-state index in [1.807, 2.05) is 20.9 Å². The quantitative estimate of drug-likeness (QED) is 0.611. The average molecular weight is 335 g/mol.